The summed E-state index contributed by atoms with van der Waals surface area (Å²) < 4.78 is 16.5. The van der Waals surface area contributed by atoms with Crippen molar-refractivity contribution < 1.29 is 19.0 Å². The maximum Gasteiger partial charge on any atom is 0.306 e. The SMILES string of the molecule is O=C(C[C@H]1C[C@@H]2CC[C@@H]1C2)OCc1cc(Cl)c2c(c1)OCCO2. The molecule has 0 amide bonds. The summed E-state index contributed by atoms with van der Waals surface area (Å²) in [6.45, 7) is 1.25. The van der Waals surface area contributed by atoms with Gasteiger partial charge in [-0.05, 0) is 54.7 Å². The monoisotopic (exact) mass is 336 g/mol. The predicted molar refractivity (Wildman–Crippen MR) is 85.8 cm³/mol. The molecular formula is C18H21ClO4. The summed E-state index contributed by atoms with van der Waals surface area (Å²) in [6.07, 6.45) is 5.72. The van der Waals surface area contributed by atoms with E-state index in [-0.39, 0.29) is 12.6 Å². The second-order valence-electron chi connectivity index (χ2n) is 6.90. The van der Waals surface area contributed by atoms with Gasteiger partial charge in [-0.15, -0.1) is 0 Å². The van der Waals surface area contributed by atoms with Crippen LogP contribution >= 0.6 is 11.6 Å². The van der Waals surface area contributed by atoms with Crippen LogP contribution < -0.4 is 9.47 Å². The zero-order chi connectivity index (χ0) is 15.8. The first-order valence-corrected chi connectivity index (χ1v) is 8.80. The normalized spacial score (nSPS) is 28.0. The fourth-order valence-corrected chi connectivity index (χ4v) is 4.60. The highest BCUT2D eigenvalue weighted by Crippen LogP contribution is 2.49. The summed E-state index contributed by atoms with van der Waals surface area (Å²) in [5.74, 6) is 3.24. The number of hydrogen-bond acceptors (Lipinski definition) is 4. The highest BCUT2D eigenvalue weighted by atomic mass is 35.5. The molecule has 1 heterocycles. The van der Waals surface area contributed by atoms with Crippen molar-refractivity contribution in [1.82, 2.24) is 0 Å². The summed E-state index contributed by atoms with van der Waals surface area (Å²) in [5.41, 5.74) is 0.834. The third-order valence-corrected chi connectivity index (χ3v) is 5.65. The van der Waals surface area contributed by atoms with Gasteiger partial charge in [-0.1, -0.05) is 18.0 Å². The molecule has 0 radical (unpaired) electrons. The molecule has 2 bridgehead atoms. The number of carbonyl (C=O) groups excluding carboxylic acids is 1. The minimum Gasteiger partial charge on any atom is -0.486 e. The Morgan fingerprint density at radius 2 is 2.09 bits per heavy atom. The summed E-state index contributed by atoms with van der Waals surface area (Å²) in [5, 5.41) is 0.501. The van der Waals surface area contributed by atoms with Crippen LogP contribution in [0.3, 0.4) is 0 Å². The first-order valence-electron chi connectivity index (χ1n) is 8.42. The van der Waals surface area contributed by atoms with Crippen LogP contribution in [0.2, 0.25) is 5.02 Å². The molecule has 1 aromatic rings. The maximum absolute atomic E-state index is 12.1. The first kappa shape index (κ1) is 15.1. The number of hydrogen-bond donors (Lipinski definition) is 0. The lowest BCUT2D eigenvalue weighted by atomic mass is 9.86. The van der Waals surface area contributed by atoms with Crippen LogP contribution in [0, 0.1) is 17.8 Å². The van der Waals surface area contributed by atoms with Crippen LogP contribution in [0.4, 0.5) is 0 Å². The molecule has 2 saturated carbocycles. The van der Waals surface area contributed by atoms with Gasteiger partial charge in [0.05, 0.1) is 5.02 Å². The molecule has 0 spiro atoms. The van der Waals surface area contributed by atoms with Crippen LogP contribution in [0.5, 0.6) is 11.5 Å². The Kier molecular flexibility index (Phi) is 4.10. The first-order chi connectivity index (χ1) is 11.2. The van der Waals surface area contributed by atoms with Crippen molar-refractivity contribution in [2.45, 2.75) is 38.7 Å². The van der Waals surface area contributed by atoms with Crippen LogP contribution in [0.15, 0.2) is 12.1 Å². The van der Waals surface area contributed by atoms with Gasteiger partial charge in [0.15, 0.2) is 11.5 Å². The lowest BCUT2D eigenvalue weighted by Crippen LogP contribution is -2.17. The number of halogens is 1. The topological polar surface area (TPSA) is 44.8 Å². The number of esters is 1. The standard InChI is InChI=1S/C18H21ClO4/c19-15-7-12(8-16-18(15)22-4-3-21-16)10-23-17(20)9-14-6-11-1-2-13(14)5-11/h7-8,11,13-14H,1-6,9-10H2/t11-,13-,14-/m1/s1. The molecule has 2 fully saturated rings. The van der Waals surface area contributed by atoms with Crippen LogP contribution in [-0.4, -0.2) is 19.2 Å². The largest absolute Gasteiger partial charge is 0.486 e. The average Bonchev–Trinajstić information content (AvgIpc) is 3.16. The van der Waals surface area contributed by atoms with Crippen molar-refractivity contribution in [3.8, 4) is 11.5 Å². The van der Waals surface area contributed by atoms with E-state index in [1.807, 2.05) is 6.07 Å². The zero-order valence-corrected chi connectivity index (χ0v) is 13.8. The van der Waals surface area contributed by atoms with E-state index in [4.69, 9.17) is 25.8 Å². The quantitative estimate of drug-likeness (QED) is 0.780. The van der Waals surface area contributed by atoms with Crippen molar-refractivity contribution in [2.75, 3.05) is 13.2 Å². The second-order valence-corrected chi connectivity index (χ2v) is 7.31. The Bertz CT molecular complexity index is 615. The van der Waals surface area contributed by atoms with Crippen molar-refractivity contribution >= 4 is 17.6 Å². The highest BCUT2D eigenvalue weighted by Gasteiger charge is 2.40. The van der Waals surface area contributed by atoms with Gasteiger partial charge in [0, 0.05) is 6.42 Å². The second kappa shape index (κ2) is 6.23. The van der Waals surface area contributed by atoms with E-state index >= 15 is 0 Å². The van der Waals surface area contributed by atoms with E-state index in [9.17, 15) is 4.79 Å². The Hall–Kier alpha value is -1.42. The summed E-state index contributed by atoms with van der Waals surface area (Å²) in [7, 11) is 0. The molecule has 1 aliphatic heterocycles. The Balaban J connectivity index is 1.33. The molecule has 3 aliphatic rings. The van der Waals surface area contributed by atoms with E-state index in [0.29, 0.717) is 42.1 Å². The molecule has 0 saturated heterocycles. The minimum absolute atomic E-state index is 0.103. The Labute approximate surface area is 141 Å². The molecular weight excluding hydrogens is 316 g/mol. The van der Waals surface area contributed by atoms with Gasteiger partial charge in [-0.2, -0.15) is 0 Å². The lowest BCUT2D eigenvalue weighted by Gasteiger charge is -2.21. The van der Waals surface area contributed by atoms with Crippen molar-refractivity contribution in [1.29, 1.82) is 0 Å². The zero-order valence-electron chi connectivity index (χ0n) is 13.1. The van der Waals surface area contributed by atoms with E-state index < -0.39 is 0 Å². The van der Waals surface area contributed by atoms with E-state index in [1.54, 1.807) is 6.07 Å². The molecule has 5 heteroatoms. The molecule has 124 valence electrons. The van der Waals surface area contributed by atoms with Gasteiger partial charge < -0.3 is 14.2 Å². The summed E-state index contributed by atoms with van der Waals surface area (Å²) in [4.78, 5) is 12.1. The highest BCUT2D eigenvalue weighted by molar-refractivity contribution is 6.32. The third-order valence-electron chi connectivity index (χ3n) is 5.37. The van der Waals surface area contributed by atoms with Crippen molar-refractivity contribution in [2.24, 2.45) is 17.8 Å². The van der Waals surface area contributed by atoms with Crippen molar-refractivity contribution in [3.63, 3.8) is 0 Å². The van der Waals surface area contributed by atoms with Gasteiger partial charge in [-0.25, -0.2) is 0 Å². The van der Waals surface area contributed by atoms with Gasteiger partial charge in [0.1, 0.15) is 19.8 Å². The van der Waals surface area contributed by atoms with Crippen molar-refractivity contribution in [3.05, 3.63) is 22.7 Å². The van der Waals surface area contributed by atoms with Crippen LogP contribution in [0.1, 0.15) is 37.7 Å². The van der Waals surface area contributed by atoms with Gasteiger partial charge in [-0.3, -0.25) is 4.79 Å². The number of ether oxygens (including phenoxy) is 3. The van der Waals surface area contributed by atoms with E-state index in [2.05, 4.69) is 0 Å². The summed E-state index contributed by atoms with van der Waals surface area (Å²) >= 11 is 6.20. The summed E-state index contributed by atoms with van der Waals surface area (Å²) in [6, 6.07) is 3.62. The molecule has 23 heavy (non-hydrogen) atoms. The van der Waals surface area contributed by atoms with Crippen LogP contribution in [0.25, 0.3) is 0 Å². The smallest absolute Gasteiger partial charge is 0.306 e. The third kappa shape index (κ3) is 3.14. The fourth-order valence-electron chi connectivity index (χ4n) is 4.31. The Morgan fingerprint density at radius 1 is 1.22 bits per heavy atom. The molecule has 0 N–H and O–H groups in total. The number of fused-ring (bicyclic) bond motifs is 3. The van der Waals surface area contributed by atoms with Gasteiger partial charge >= 0.3 is 5.97 Å². The molecule has 3 atom stereocenters. The number of carbonyl (C=O) groups is 1. The molecule has 4 rings (SSSR count). The van der Waals surface area contributed by atoms with E-state index in [1.165, 1.54) is 25.7 Å². The van der Waals surface area contributed by atoms with Crippen LogP contribution in [-0.2, 0) is 16.1 Å². The maximum atomic E-state index is 12.1. The molecule has 0 unspecified atom stereocenters. The number of rotatable bonds is 4. The predicted octanol–water partition coefficient (Wildman–Crippen LogP) is 3.98. The fraction of sp³-hybridized carbons (Fsp3) is 0.611. The molecule has 0 aromatic heterocycles. The molecule has 4 nitrogen and oxygen atoms in total. The minimum atomic E-state index is -0.103. The van der Waals surface area contributed by atoms with E-state index in [0.717, 1.165) is 17.4 Å². The van der Waals surface area contributed by atoms with Gasteiger partial charge in [0.25, 0.3) is 0 Å². The number of benzene rings is 1. The Morgan fingerprint density at radius 3 is 2.87 bits per heavy atom. The average molecular weight is 337 g/mol. The molecule has 2 aliphatic carbocycles. The molecule has 1 aromatic carbocycles. The lowest BCUT2D eigenvalue weighted by molar-refractivity contribution is -0.146. The van der Waals surface area contributed by atoms with Gasteiger partial charge in [0.2, 0.25) is 0 Å².